The van der Waals surface area contributed by atoms with Crippen molar-refractivity contribution in [3.63, 3.8) is 0 Å². The fraction of sp³-hybridized carbons (Fsp3) is 0.417. The molecule has 1 aromatic heterocycles. The molecule has 0 aliphatic heterocycles. The van der Waals surface area contributed by atoms with E-state index in [1.165, 1.54) is 13.0 Å². The average Bonchev–Trinajstić information content (AvgIpc) is 2.85. The highest BCUT2D eigenvalue weighted by Gasteiger charge is 2.21. The summed E-state index contributed by atoms with van der Waals surface area (Å²) >= 11 is 1.13. The average molecular weight is 363 g/mol. The number of esters is 1. The van der Waals surface area contributed by atoms with E-state index in [0.29, 0.717) is 6.42 Å². The second kappa shape index (κ2) is 8.04. The zero-order valence-corrected chi connectivity index (χ0v) is 14.1. The van der Waals surface area contributed by atoms with E-state index in [2.05, 4.69) is 4.72 Å². The van der Waals surface area contributed by atoms with Gasteiger partial charge in [-0.2, -0.15) is 0 Å². The fourth-order valence-corrected chi connectivity index (χ4v) is 2.84. The molecule has 23 heavy (non-hydrogen) atoms. The maximum Gasteiger partial charge on any atom is 0.349 e. The molecule has 0 aliphatic carbocycles. The first kappa shape index (κ1) is 19.1. The van der Waals surface area contributed by atoms with Crippen LogP contribution >= 0.6 is 11.3 Å². The number of rotatable bonds is 7. The summed E-state index contributed by atoms with van der Waals surface area (Å²) in [6.45, 7) is 1.52. The van der Waals surface area contributed by atoms with Crippen LogP contribution in [0, 0.1) is 0 Å². The summed E-state index contributed by atoms with van der Waals surface area (Å²) in [6, 6.07) is 2.15. The van der Waals surface area contributed by atoms with Gasteiger partial charge in [-0.25, -0.2) is 22.7 Å². The number of thiophene rings is 1. The Morgan fingerprint density at radius 3 is 2.57 bits per heavy atom. The molecule has 0 fully saturated rings. The van der Waals surface area contributed by atoms with Crippen LogP contribution in [0.2, 0.25) is 0 Å². The number of primary amides is 1. The van der Waals surface area contributed by atoms with Gasteiger partial charge in [0, 0.05) is 11.4 Å². The fourth-order valence-electron chi connectivity index (χ4n) is 1.48. The highest BCUT2D eigenvalue weighted by Crippen LogP contribution is 2.18. The van der Waals surface area contributed by atoms with Gasteiger partial charge in [0.2, 0.25) is 10.0 Å². The highest BCUT2D eigenvalue weighted by atomic mass is 32.2. The van der Waals surface area contributed by atoms with Crippen LogP contribution in [0.15, 0.2) is 12.1 Å². The summed E-state index contributed by atoms with van der Waals surface area (Å²) in [5.74, 6) is -1.54. The molecule has 4 N–H and O–H groups in total. The zero-order chi connectivity index (χ0) is 17.6. The van der Waals surface area contributed by atoms with Crippen LogP contribution in [0.25, 0.3) is 0 Å². The molecule has 9 nitrogen and oxygen atoms in total. The number of imide groups is 1. The van der Waals surface area contributed by atoms with E-state index in [1.54, 1.807) is 6.07 Å². The number of nitrogens with one attached hydrogen (secondary N) is 2. The summed E-state index contributed by atoms with van der Waals surface area (Å²) in [5, 5.41) is 1.81. The van der Waals surface area contributed by atoms with E-state index in [4.69, 9.17) is 10.5 Å². The first-order chi connectivity index (χ1) is 10.6. The van der Waals surface area contributed by atoms with Crippen molar-refractivity contribution in [1.82, 2.24) is 10.0 Å². The van der Waals surface area contributed by atoms with Crippen molar-refractivity contribution in [3.05, 3.63) is 21.9 Å². The van der Waals surface area contributed by atoms with Gasteiger partial charge in [0.15, 0.2) is 6.10 Å². The summed E-state index contributed by atoms with van der Waals surface area (Å²) < 4.78 is 29.1. The number of nitrogens with two attached hydrogens (primary N) is 1. The first-order valence-corrected chi connectivity index (χ1v) is 9.14. The van der Waals surface area contributed by atoms with Crippen molar-refractivity contribution in [3.8, 4) is 0 Å². The predicted octanol–water partition coefficient (Wildman–Crippen LogP) is -0.420. The van der Waals surface area contributed by atoms with Crippen LogP contribution in [0.5, 0.6) is 0 Å². The molecule has 0 radical (unpaired) electrons. The van der Waals surface area contributed by atoms with Crippen LogP contribution in [0.3, 0.4) is 0 Å². The summed E-state index contributed by atoms with van der Waals surface area (Å²) in [5.41, 5.74) is 4.80. The van der Waals surface area contributed by atoms with Gasteiger partial charge in [0.05, 0.1) is 6.26 Å². The third kappa shape index (κ3) is 7.21. The number of sulfonamides is 1. The number of ether oxygens (including phenoxy) is 1. The Morgan fingerprint density at radius 1 is 1.35 bits per heavy atom. The largest absolute Gasteiger partial charge is 0.448 e. The molecule has 0 saturated heterocycles. The normalized spacial score (nSPS) is 12.4. The van der Waals surface area contributed by atoms with Gasteiger partial charge in [0.1, 0.15) is 4.88 Å². The van der Waals surface area contributed by atoms with Gasteiger partial charge < -0.3 is 10.5 Å². The van der Waals surface area contributed by atoms with Gasteiger partial charge in [-0.05, 0) is 25.5 Å². The molecule has 3 amide bonds. The van der Waals surface area contributed by atoms with E-state index in [9.17, 15) is 22.8 Å². The third-order valence-electron chi connectivity index (χ3n) is 2.50. The maximum absolute atomic E-state index is 11.9. The number of hydrogen-bond acceptors (Lipinski definition) is 7. The van der Waals surface area contributed by atoms with Gasteiger partial charge in [0.25, 0.3) is 5.91 Å². The quantitative estimate of drug-likeness (QED) is 0.561. The minimum absolute atomic E-state index is 0.214. The number of carbonyl (C=O) groups is 3. The Kier molecular flexibility index (Phi) is 6.66. The van der Waals surface area contributed by atoms with E-state index in [0.717, 1.165) is 22.5 Å². The van der Waals surface area contributed by atoms with Crippen molar-refractivity contribution in [1.29, 1.82) is 0 Å². The Labute approximate surface area is 137 Å². The molecule has 128 valence electrons. The molecule has 0 bridgehead atoms. The third-order valence-corrected chi connectivity index (χ3v) is 4.35. The Bertz CT molecular complexity index is 697. The van der Waals surface area contributed by atoms with Gasteiger partial charge in [-0.15, -0.1) is 11.3 Å². The van der Waals surface area contributed by atoms with E-state index < -0.39 is 34.0 Å². The molecule has 11 heteroatoms. The molecule has 1 atom stereocenters. The maximum atomic E-state index is 11.9. The lowest BCUT2D eigenvalue weighted by Crippen LogP contribution is -2.42. The molecule has 0 aromatic carbocycles. The molecular formula is C12H17N3O6S2. The topological polar surface area (TPSA) is 145 Å². The minimum Gasteiger partial charge on any atom is -0.448 e. The predicted molar refractivity (Wildman–Crippen MR) is 83.5 cm³/mol. The first-order valence-electron chi connectivity index (χ1n) is 6.43. The van der Waals surface area contributed by atoms with Crippen molar-refractivity contribution in [2.45, 2.75) is 19.4 Å². The molecule has 0 unspecified atom stereocenters. The number of hydrogen-bond donors (Lipinski definition) is 3. The standard InChI is InChI=1S/C12H17N3O6S2/c1-7(10(16)15-12(13)18)21-11(17)9-4-3-8(22-9)5-6-14-23(2,19)20/h3-4,7,14H,5-6H2,1-2H3,(H3,13,15,16,18)/t7-/m1/s1. The Morgan fingerprint density at radius 2 is 2.00 bits per heavy atom. The molecule has 0 aliphatic rings. The van der Waals surface area contributed by atoms with E-state index >= 15 is 0 Å². The molecule has 1 aromatic rings. The number of carbonyl (C=O) groups excluding carboxylic acids is 3. The number of amides is 3. The van der Waals surface area contributed by atoms with Crippen molar-refractivity contribution >= 4 is 39.3 Å². The molecule has 1 heterocycles. The van der Waals surface area contributed by atoms with Crippen LogP contribution in [-0.2, 0) is 26.0 Å². The van der Waals surface area contributed by atoms with Crippen molar-refractivity contribution in [2.24, 2.45) is 5.73 Å². The van der Waals surface area contributed by atoms with Crippen LogP contribution in [-0.4, -0.2) is 45.2 Å². The molecule has 1 rings (SSSR count). The SMILES string of the molecule is C[C@@H](OC(=O)c1ccc(CCNS(C)(=O)=O)s1)C(=O)NC(N)=O. The minimum atomic E-state index is -3.26. The monoisotopic (exact) mass is 363 g/mol. The second-order valence-corrected chi connectivity index (χ2v) is 7.58. The molecule has 0 saturated carbocycles. The molecular weight excluding hydrogens is 346 g/mol. The van der Waals surface area contributed by atoms with Crippen LogP contribution in [0.4, 0.5) is 4.79 Å². The van der Waals surface area contributed by atoms with E-state index in [1.807, 2.05) is 5.32 Å². The van der Waals surface area contributed by atoms with Crippen molar-refractivity contribution < 1.29 is 27.5 Å². The van der Waals surface area contributed by atoms with Gasteiger partial charge in [-0.3, -0.25) is 10.1 Å². The highest BCUT2D eigenvalue weighted by molar-refractivity contribution is 7.88. The smallest absolute Gasteiger partial charge is 0.349 e. The second-order valence-electron chi connectivity index (χ2n) is 4.58. The lowest BCUT2D eigenvalue weighted by molar-refractivity contribution is -0.127. The number of urea groups is 1. The van der Waals surface area contributed by atoms with Crippen molar-refractivity contribution in [2.75, 3.05) is 12.8 Å². The molecule has 0 spiro atoms. The van der Waals surface area contributed by atoms with Gasteiger partial charge >= 0.3 is 12.0 Å². The van der Waals surface area contributed by atoms with E-state index in [-0.39, 0.29) is 11.4 Å². The Balaban J connectivity index is 2.54. The summed E-state index contributed by atoms with van der Waals surface area (Å²) in [4.78, 5) is 34.9. The lowest BCUT2D eigenvalue weighted by Gasteiger charge is -2.10. The van der Waals surface area contributed by atoms with Crippen LogP contribution in [0.1, 0.15) is 21.5 Å². The zero-order valence-electron chi connectivity index (χ0n) is 12.5. The summed E-state index contributed by atoms with van der Waals surface area (Å²) in [7, 11) is -3.26. The van der Waals surface area contributed by atoms with Crippen LogP contribution < -0.4 is 15.8 Å². The Hall–Kier alpha value is -1.98. The summed E-state index contributed by atoms with van der Waals surface area (Å²) in [6.07, 6.45) is 0.304. The lowest BCUT2D eigenvalue weighted by atomic mass is 10.3. The van der Waals surface area contributed by atoms with Gasteiger partial charge in [-0.1, -0.05) is 0 Å².